The summed E-state index contributed by atoms with van der Waals surface area (Å²) in [5.74, 6) is 1.29. The molecule has 32 heavy (non-hydrogen) atoms. The van der Waals surface area contributed by atoms with Gasteiger partial charge < -0.3 is 14.6 Å². The molecule has 6 rings (SSSR count). The van der Waals surface area contributed by atoms with Crippen molar-refractivity contribution in [2.24, 2.45) is 4.99 Å². The molecule has 2 heterocycles. The Kier molecular flexibility index (Phi) is 4.83. The van der Waals surface area contributed by atoms with Crippen LogP contribution in [0.2, 0.25) is 0 Å². The van der Waals surface area contributed by atoms with Crippen LogP contribution in [0.1, 0.15) is 31.9 Å². The molecule has 1 unspecified atom stereocenters. The molecule has 0 fully saturated rings. The number of aliphatic imine (C=N–C) groups is 1. The van der Waals surface area contributed by atoms with Crippen LogP contribution in [0, 0.1) is 6.07 Å². The standard InChI is InChI=1S/C26H19N2O3.Pt/c29-21-10-4-6-17-12-14-23(27-24(17)21)30-19-8-3-7-18(15-19)26-28-25-20-9-2-1-5-16(20)11-13-22(25)31-26;/h1-10,12,14,22,25,29H,11,13H2;/q-1;/t22?,25-;/m0./s1/i11D2;. The number of aromatic hydroxyl groups is 1. The van der Waals surface area contributed by atoms with E-state index in [4.69, 9.17) is 17.2 Å². The van der Waals surface area contributed by atoms with Crippen molar-refractivity contribution in [3.8, 4) is 17.4 Å². The zero-order valence-electron chi connectivity index (χ0n) is 18.8. The van der Waals surface area contributed by atoms with Crippen molar-refractivity contribution in [2.75, 3.05) is 0 Å². The van der Waals surface area contributed by atoms with E-state index >= 15 is 0 Å². The van der Waals surface area contributed by atoms with Gasteiger partial charge in [-0.2, -0.15) is 0 Å². The molecular formula is C26H19N2O3Pt-. The third kappa shape index (κ3) is 3.67. The molecule has 0 amide bonds. The van der Waals surface area contributed by atoms with Crippen LogP contribution in [0.3, 0.4) is 0 Å². The molecular weight excluding hydrogens is 583 g/mol. The maximum absolute atomic E-state index is 10.1. The van der Waals surface area contributed by atoms with E-state index in [1.54, 1.807) is 24.3 Å². The zero-order chi connectivity index (χ0) is 22.6. The van der Waals surface area contributed by atoms with Gasteiger partial charge in [0.2, 0.25) is 5.88 Å². The number of hydrogen-bond acceptors (Lipinski definition) is 5. The second kappa shape index (κ2) is 8.40. The predicted molar refractivity (Wildman–Crippen MR) is 118 cm³/mol. The van der Waals surface area contributed by atoms with Crippen LogP contribution >= 0.6 is 0 Å². The summed E-state index contributed by atoms with van der Waals surface area (Å²) in [6, 6.07) is 24.6. The van der Waals surface area contributed by atoms with Gasteiger partial charge in [0, 0.05) is 41.0 Å². The number of aromatic nitrogens is 1. The molecule has 1 N–H and O–H groups in total. The van der Waals surface area contributed by atoms with Crippen LogP contribution < -0.4 is 4.74 Å². The number of fused-ring (bicyclic) bond motifs is 4. The maximum atomic E-state index is 10.1. The third-order valence-corrected chi connectivity index (χ3v) is 5.53. The largest absolute Gasteiger partial charge is 0.514 e. The molecule has 2 aliphatic rings. The minimum Gasteiger partial charge on any atom is -0.514 e. The molecule has 0 spiro atoms. The Labute approximate surface area is 202 Å². The van der Waals surface area contributed by atoms with Gasteiger partial charge in [0.25, 0.3) is 0 Å². The first-order valence-electron chi connectivity index (χ1n) is 11.1. The first-order valence-corrected chi connectivity index (χ1v) is 10.1. The van der Waals surface area contributed by atoms with Crippen LogP contribution in [0.5, 0.6) is 17.4 Å². The van der Waals surface area contributed by atoms with Crippen LogP contribution in [0.15, 0.2) is 77.8 Å². The summed E-state index contributed by atoms with van der Waals surface area (Å²) in [5.41, 5.74) is 2.63. The van der Waals surface area contributed by atoms with Crippen molar-refractivity contribution in [1.82, 2.24) is 4.98 Å². The van der Waals surface area contributed by atoms with E-state index in [2.05, 4.69) is 11.1 Å². The van der Waals surface area contributed by atoms with Gasteiger partial charge in [-0.05, 0) is 36.1 Å². The first-order chi connectivity index (χ1) is 16.0. The summed E-state index contributed by atoms with van der Waals surface area (Å²) in [7, 11) is 0. The Morgan fingerprint density at radius 1 is 1.03 bits per heavy atom. The second-order valence-corrected chi connectivity index (χ2v) is 7.53. The van der Waals surface area contributed by atoms with E-state index in [-0.39, 0.29) is 45.4 Å². The van der Waals surface area contributed by atoms with Gasteiger partial charge in [0.05, 0.1) is 0 Å². The van der Waals surface area contributed by atoms with Gasteiger partial charge in [0.1, 0.15) is 29.3 Å². The van der Waals surface area contributed by atoms with Crippen molar-refractivity contribution < 1.29 is 38.4 Å². The summed E-state index contributed by atoms with van der Waals surface area (Å²) in [6.07, 6.45) is -1.60. The van der Waals surface area contributed by atoms with Crippen LogP contribution in [-0.4, -0.2) is 22.1 Å². The number of ether oxygens (including phenoxy) is 2. The maximum Gasteiger partial charge on any atom is 0.217 e. The number of para-hydroxylation sites is 1. The van der Waals surface area contributed by atoms with Crippen LogP contribution in [0.4, 0.5) is 0 Å². The molecule has 3 aromatic carbocycles. The van der Waals surface area contributed by atoms with Gasteiger partial charge in [-0.1, -0.05) is 48.0 Å². The average Bonchev–Trinajstić information content (AvgIpc) is 3.23. The number of hydrogen-bond donors (Lipinski definition) is 1. The van der Waals surface area contributed by atoms with Crippen molar-refractivity contribution in [3.63, 3.8) is 0 Å². The van der Waals surface area contributed by atoms with E-state index in [0.717, 1.165) is 10.9 Å². The molecule has 5 nitrogen and oxygen atoms in total. The first kappa shape index (κ1) is 18.4. The van der Waals surface area contributed by atoms with Crippen molar-refractivity contribution in [1.29, 1.82) is 0 Å². The number of rotatable bonds is 3. The fraction of sp³-hybridized carbons (Fsp3) is 0.154. The molecule has 1 aliphatic carbocycles. The van der Waals surface area contributed by atoms with E-state index in [9.17, 15) is 5.11 Å². The van der Waals surface area contributed by atoms with E-state index < -0.39 is 6.37 Å². The summed E-state index contributed by atoms with van der Waals surface area (Å²) in [4.78, 5) is 9.18. The number of pyridine rings is 1. The SMILES string of the molecule is [2H]C1([2H])CC2OC(c3[c-]c(Oc4ccc5cccc(O)c5n4)ccc3)=N[C@H]2c2ccccc21.[Pt]. The summed E-state index contributed by atoms with van der Waals surface area (Å²) in [5, 5.41) is 10.9. The Hall–Kier alpha value is -3.17. The Bertz CT molecular complexity index is 1430. The molecule has 0 saturated carbocycles. The van der Waals surface area contributed by atoms with E-state index in [1.165, 1.54) is 0 Å². The third-order valence-electron chi connectivity index (χ3n) is 5.53. The zero-order valence-corrected chi connectivity index (χ0v) is 19.0. The summed E-state index contributed by atoms with van der Waals surface area (Å²) >= 11 is 0. The van der Waals surface area contributed by atoms with Crippen molar-refractivity contribution in [2.45, 2.75) is 24.9 Å². The van der Waals surface area contributed by atoms with Gasteiger partial charge in [0.15, 0.2) is 0 Å². The molecule has 162 valence electrons. The van der Waals surface area contributed by atoms with Gasteiger partial charge in [-0.15, -0.1) is 18.2 Å². The van der Waals surface area contributed by atoms with Crippen LogP contribution in [-0.2, 0) is 32.2 Å². The molecule has 0 saturated heterocycles. The minimum atomic E-state index is -1.47. The normalized spacial score (nSPS) is 21.2. The van der Waals surface area contributed by atoms with Gasteiger partial charge in [-0.3, -0.25) is 4.99 Å². The van der Waals surface area contributed by atoms with Gasteiger partial charge >= 0.3 is 0 Å². The minimum absolute atomic E-state index is 0. The Balaban J connectivity index is 0.00000241. The smallest absolute Gasteiger partial charge is 0.217 e. The molecule has 0 radical (unpaired) electrons. The second-order valence-electron chi connectivity index (χ2n) is 7.53. The number of phenols is 1. The fourth-order valence-corrected chi connectivity index (χ4v) is 4.05. The quantitative estimate of drug-likeness (QED) is 0.320. The molecule has 0 bridgehead atoms. The van der Waals surface area contributed by atoms with E-state index in [0.29, 0.717) is 34.2 Å². The van der Waals surface area contributed by atoms with E-state index in [1.807, 2.05) is 48.5 Å². The molecule has 6 heteroatoms. The number of benzene rings is 3. The fourth-order valence-electron chi connectivity index (χ4n) is 4.05. The van der Waals surface area contributed by atoms with Crippen molar-refractivity contribution >= 4 is 16.8 Å². The topological polar surface area (TPSA) is 63.9 Å². The Morgan fingerprint density at radius 3 is 2.84 bits per heavy atom. The van der Waals surface area contributed by atoms with Crippen LogP contribution in [0.25, 0.3) is 10.9 Å². The number of phenolic OH excluding ortho intramolecular Hbond substituents is 1. The molecule has 1 aliphatic heterocycles. The Morgan fingerprint density at radius 2 is 1.91 bits per heavy atom. The summed E-state index contributed by atoms with van der Waals surface area (Å²) in [6.45, 7) is 0. The predicted octanol–water partition coefficient (Wildman–Crippen LogP) is 5.36. The van der Waals surface area contributed by atoms with Gasteiger partial charge in [-0.25, -0.2) is 4.98 Å². The van der Waals surface area contributed by atoms with Crippen molar-refractivity contribution in [3.05, 3.63) is 95.6 Å². The monoisotopic (exact) mass is 604 g/mol. The number of nitrogens with zero attached hydrogens (tertiary/aromatic N) is 2. The number of aryl methyl sites for hydroxylation is 1. The molecule has 1 aromatic heterocycles. The molecule has 4 aromatic rings. The summed E-state index contributed by atoms with van der Waals surface area (Å²) < 4.78 is 28.9. The average molecular weight is 605 g/mol. The molecule has 2 atom stereocenters.